The Bertz CT molecular complexity index is 354. The number of hydrogen-bond donors (Lipinski definition) is 0. The third kappa shape index (κ3) is 3.94. The molecule has 1 rings (SSSR count). The van der Waals surface area contributed by atoms with Crippen molar-refractivity contribution in [1.29, 1.82) is 0 Å². The molecule has 0 fully saturated rings. The Morgan fingerprint density at radius 1 is 1.47 bits per heavy atom. The summed E-state index contributed by atoms with van der Waals surface area (Å²) in [5.41, 5.74) is 1.65. The second-order valence-corrected chi connectivity index (χ2v) is 3.53. The predicted molar refractivity (Wildman–Crippen MR) is 57.1 cm³/mol. The molecule has 1 aromatic rings. The maximum Gasteiger partial charge on any atom is 0.333 e. The predicted octanol–water partition coefficient (Wildman–Crippen LogP) is 1.40. The van der Waals surface area contributed by atoms with Crippen molar-refractivity contribution in [3.05, 3.63) is 42.2 Å². The Hall–Kier alpha value is -1.64. The Labute approximate surface area is 90.0 Å². The number of esters is 1. The first-order chi connectivity index (χ1) is 7.09. The number of rotatable bonds is 4. The molecular formula is C12H16NO2+. The normalized spacial score (nSPS) is 9.73. The highest BCUT2D eigenvalue weighted by Crippen LogP contribution is 1.92. The molecule has 3 nitrogen and oxygen atoms in total. The Morgan fingerprint density at radius 3 is 2.60 bits per heavy atom. The largest absolute Gasteiger partial charge is 0.456 e. The minimum absolute atomic E-state index is 0.331. The van der Waals surface area contributed by atoms with Crippen molar-refractivity contribution in [3.63, 3.8) is 0 Å². The van der Waals surface area contributed by atoms with Crippen LogP contribution in [0.4, 0.5) is 0 Å². The molecule has 0 amide bonds. The fourth-order valence-electron chi connectivity index (χ4n) is 1.05. The van der Waals surface area contributed by atoms with Crippen molar-refractivity contribution in [2.24, 2.45) is 0 Å². The SMILES string of the molecule is C=C(C)C(=O)OCC[n+]1ccc(C)cc1. The lowest BCUT2D eigenvalue weighted by Gasteiger charge is -2.01. The summed E-state index contributed by atoms with van der Waals surface area (Å²) in [6, 6.07) is 4.03. The first-order valence-corrected chi connectivity index (χ1v) is 4.88. The quantitative estimate of drug-likeness (QED) is 0.423. The molecule has 0 saturated heterocycles. The maximum absolute atomic E-state index is 11.1. The summed E-state index contributed by atoms with van der Waals surface area (Å²) in [4.78, 5) is 11.1. The van der Waals surface area contributed by atoms with Crippen LogP contribution in [0.2, 0.25) is 0 Å². The molecule has 0 bridgehead atoms. The van der Waals surface area contributed by atoms with E-state index in [-0.39, 0.29) is 5.97 Å². The maximum atomic E-state index is 11.1. The molecule has 0 atom stereocenters. The van der Waals surface area contributed by atoms with Crippen molar-refractivity contribution in [2.75, 3.05) is 6.61 Å². The molecule has 0 radical (unpaired) electrons. The molecule has 1 aromatic heterocycles. The number of nitrogens with zero attached hydrogens (tertiary/aromatic N) is 1. The van der Waals surface area contributed by atoms with Gasteiger partial charge in [-0.3, -0.25) is 0 Å². The van der Waals surface area contributed by atoms with E-state index in [0.29, 0.717) is 18.7 Å². The van der Waals surface area contributed by atoms with Crippen LogP contribution < -0.4 is 4.57 Å². The van der Waals surface area contributed by atoms with Crippen LogP contribution in [0.1, 0.15) is 12.5 Å². The van der Waals surface area contributed by atoms with Crippen LogP contribution in [0, 0.1) is 6.92 Å². The molecule has 0 aliphatic heterocycles. The van der Waals surface area contributed by atoms with Crippen LogP contribution in [-0.4, -0.2) is 12.6 Å². The van der Waals surface area contributed by atoms with Gasteiger partial charge in [0, 0.05) is 17.7 Å². The van der Waals surface area contributed by atoms with Crippen molar-refractivity contribution < 1.29 is 14.1 Å². The lowest BCUT2D eigenvalue weighted by atomic mass is 10.3. The van der Waals surface area contributed by atoms with E-state index in [0.717, 1.165) is 0 Å². The lowest BCUT2D eigenvalue weighted by Crippen LogP contribution is -2.35. The van der Waals surface area contributed by atoms with Gasteiger partial charge < -0.3 is 4.74 Å². The number of aromatic nitrogens is 1. The van der Waals surface area contributed by atoms with Crippen LogP contribution in [0.25, 0.3) is 0 Å². The average Bonchev–Trinajstić information content (AvgIpc) is 2.20. The second kappa shape index (κ2) is 5.29. The number of ether oxygens (including phenoxy) is 1. The standard InChI is InChI=1S/C12H16NO2/c1-10(2)12(14)15-9-8-13-6-4-11(3)5-7-13/h4-7H,1,8-9H2,2-3H3/q+1. The molecule has 0 unspecified atom stereocenters. The van der Waals surface area contributed by atoms with Gasteiger partial charge in [-0.05, 0) is 19.4 Å². The molecule has 0 N–H and O–H groups in total. The molecule has 0 spiro atoms. The summed E-state index contributed by atoms with van der Waals surface area (Å²) < 4.78 is 6.95. The molecule has 15 heavy (non-hydrogen) atoms. The van der Waals surface area contributed by atoms with Gasteiger partial charge in [0.1, 0.15) is 0 Å². The summed E-state index contributed by atoms with van der Waals surface area (Å²) in [6.45, 7) is 8.22. The fourth-order valence-corrected chi connectivity index (χ4v) is 1.05. The van der Waals surface area contributed by atoms with Crippen LogP contribution in [0.5, 0.6) is 0 Å². The van der Waals surface area contributed by atoms with Crippen molar-refractivity contribution >= 4 is 5.97 Å². The van der Waals surface area contributed by atoms with E-state index in [9.17, 15) is 4.79 Å². The van der Waals surface area contributed by atoms with Crippen LogP contribution in [0.15, 0.2) is 36.7 Å². The number of pyridine rings is 1. The molecular weight excluding hydrogens is 190 g/mol. The van der Waals surface area contributed by atoms with E-state index < -0.39 is 0 Å². The molecule has 3 heteroatoms. The van der Waals surface area contributed by atoms with E-state index in [1.54, 1.807) is 6.92 Å². The van der Waals surface area contributed by atoms with Gasteiger partial charge in [-0.1, -0.05) is 6.58 Å². The van der Waals surface area contributed by atoms with Crippen LogP contribution in [-0.2, 0) is 16.1 Å². The lowest BCUT2D eigenvalue weighted by molar-refractivity contribution is -0.698. The Kier molecular flexibility index (Phi) is 4.03. The van der Waals surface area contributed by atoms with E-state index in [4.69, 9.17) is 4.74 Å². The van der Waals surface area contributed by atoms with Gasteiger partial charge in [-0.2, -0.15) is 0 Å². The molecule has 0 aromatic carbocycles. The zero-order chi connectivity index (χ0) is 11.3. The molecule has 0 saturated carbocycles. The van der Waals surface area contributed by atoms with E-state index in [1.807, 2.05) is 36.0 Å². The van der Waals surface area contributed by atoms with Gasteiger partial charge in [0.15, 0.2) is 25.5 Å². The van der Waals surface area contributed by atoms with Crippen molar-refractivity contribution in [1.82, 2.24) is 0 Å². The number of carbonyl (C=O) groups excluding carboxylic acids is 1. The third-order valence-electron chi connectivity index (χ3n) is 1.99. The first kappa shape index (κ1) is 11.4. The first-order valence-electron chi connectivity index (χ1n) is 4.88. The molecule has 1 heterocycles. The average molecular weight is 206 g/mol. The smallest absolute Gasteiger partial charge is 0.333 e. The topological polar surface area (TPSA) is 30.2 Å². The van der Waals surface area contributed by atoms with Crippen LogP contribution in [0.3, 0.4) is 0 Å². The number of hydrogen-bond acceptors (Lipinski definition) is 2. The number of aryl methyl sites for hydroxylation is 1. The van der Waals surface area contributed by atoms with Crippen molar-refractivity contribution in [2.45, 2.75) is 20.4 Å². The fraction of sp³-hybridized carbons (Fsp3) is 0.333. The summed E-state index contributed by atoms with van der Waals surface area (Å²) in [6.07, 6.45) is 3.92. The minimum Gasteiger partial charge on any atom is -0.456 e. The van der Waals surface area contributed by atoms with Crippen molar-refractivity contribution in [3.8, 4) is 0 Å². The van der Waals surface area contributed by atoms with E-state index in [2.05, 4.69) is 6.58 Å². The molecule has 80 valence electrons. The summed E-state index contributed by atoms with van der Waals surface area (Å²) in [7, 11) is 0. The van der Waals surface area contributed by atoms with Gasteiger partial charge in [-0.25, -0.2) is 9.36 Å². The Balaban J connectivity index is 2.35. The zero-order valence-corrected chi connectivity index (χ0v) is 9.19. The van der Waals surface area contributed by atoms with Gasteiger partial charge in [-0.15, -0.1) is 0 Å². The third-order valence-corrected chi connectivity index (χ3v) is 1.99. The Morgan fingerprint density at radius 2 is 2.07 bits per heavy atom. The minimum atomic E-state index is -0.331. The van der Waals surface area contributed by atoms with Gasteiger partial charge >= 0.3 is 5.97 Å². The van der Waals surface area contributed by atoms with Gasteiger partial charge in [0.25, 0.3) is 0 Å². The highest BCUT2D eigenvalue weighted by atomic mass is 16.5. The second-order valence-electron chi connectivity index (χ2n) is 3.53. The van der Waals surface area contributed by atoms with Gasteiger partial charge in [0.05, 0.1) is 0 Å². The van der Waals surface area contributed by atoms with Gasteiger partial charge in [0.2, 0.25) is 0 Å². The molecule has 0 aliphatic rings. The van der Waals surface area contributed by atoms with Crippen LogP contribution >= 0.6 is 0 Å². The molecule has 0 aliphatic carbocycles. The summed E-state index contributed by atoms with van der Waals surface area (Å²) in [5.74, 6) is -0.331. The summed E-state index contributed by atoms with van der Waals surface area (Å²) >= 11 is 0. The summed E-state index contributed by atoms with van der Waals surface area (Å²) in [5, 5.41) is 0. The number of carbonyl (C=O) groups is 1. The zero-order valence-electron chi connectivity index (χ0n) is 9.19. The highest BCUT2D eigenvalue weighted by Gasteiger charge is 2.05. The monoisotopic (exact) mass is 206 g/mol. The van der Waals surface area contributed by atoms with E-state index in [1.165, 1.54) is 5.56 Å². The van der Waals surface area contributed by atoms with E-state index >= 15 is 0 Å². The highest BCUT2D eigenvalue weighted by molar-refractivity contribution is 5.86.